The zero-order valence-corrected chi connectivity index (χ0v) is 23.2. The fraction of sp³-hybridized carbons (Fsp3) is 0.630. The number of aromatic nitrogens is 4. The fourth-order valence-corrected chi connectivity index (χ4v) is 5.49. The molecule has 224 valence electrons. The van der Waals surface area contributed by atoms with Crippen molar-refractivity contribution in [2.45, 2.75) is 75.2 Å². The average molecular weight is 583 g/mol. The molecule has 4 fully saturated rings. The monoisotopic (exact) mass is 582 g/mol. The highest BCUT2D eigenvalue weighted by molar-refractivity contribution is 5.85. The quantitative estimate of drug-likeness (QED) is 0.320. The van der Waals surface area contributed by atoms with Crippen LogP contribution in [0, 0.1) is 17.8 Å². The summed E-state index contributed by atoms with van der Waals surface area (Å²) in [6.45, 7) is 1.62. The van der Waals surface area contributed by atoms with Gasteiger partial charge in [-0.05, 0) is 37.5 Å². The lowest BCUT2D eigenvalue weighted by molar-refractivity contribution is -0.137. The molecular weight excluding hydrogens is 548 g/mol. The lowest BCUT2D eigenvalue weighted by atomic mass is 9.94. The van der Waals surface area contributed by atoms with Crippen LogP contribution in [0.1, 0.15) is 50.6 Å². The summed E-state index contributed by atoms with van der Waals surface area (Å²) in [5.41, 5.74) is 6.65. The van der Waals surface area contributed by atoms with Crippen molar-refractivity contribution in [2.75, 3.05) is 32.4 Å². The topological polar surface area (TPSA) is 198 Å². The van der Waals surface area contributed by atoms with Crippen molar-refractivity contribution in [3.05, 3.63) is 12.2 Å². The van der Waals surface area contributed by atoms with E-state index < -0.39 is 42.6 Å². The van der Waals surface area contributed by atoms with E-state index >= 15 is 0 Å². The minimum atomic E-state index is -1.43. The lowest BCUT2D eigenvalue weighted by Gasteiger charge is -2.31. The Morgan fingerprint density at radius 2 is 1.90 bits per heavy atom. The van der Waals surface area contributed by atoms with Gasteiger partial charge < -0.3 is 40.5 Å². The predicted molar refractivity (Wildman–Crippen MR) is 145 cm³/mol. The Kier molecular flexibility index (Phi) is 7.60. The number of piperidine rings is 1. The molecule has 6 rings (SSSR count). The summed E-state index contributed by atoms with van der Waals surface area (Å²) in [4.78, 5) is 53.1. The van der Waals surface area contributed by atoms with Crippen LogP contribution in [0.3, 0.4) is 0 Å². The molecule has 42 heavy (non-hydrogen) atoms. The second-order valence-corrected chi connectivity index (χ2v) is 11.3. The number of likely N-dealkylation sites (N-methyl/N-ethyl adjacent to an activating group) is 1. The van der Waals surface area contributed by atoms with Crippen molar-refractivity contribution in [3.63, 3.8) is 0 Å². The van der Waals surface area contributed by atoms with Gasteiger partial charge in [-0.2, -0.15) is 0 Å². The lowest BCUT2D eigenvalue weighted by Crippen LogP contribution is -2.43. The normalized spacial score (nSPS) is 28.2. The highest BCUT2D eigenvalue weighted by atomic mass is 16.6. The molecule has 1 unspecified atom stereocenters. The largest absolute Gasteiger partial charge is 0.436 e. The van der Waals surface area contributed by atoms with E-state index in [1.54, 1.807) is 16.8 Å². The Bertz CT molecular complexity index is 1440. The Morgan fingerprint density at radius 3 is 2.60 bits per heavy atom. The van der Waals surface area contributed by atoms with Gasteiger partial charge in [-0.3, -0.25) is 14.2 Å². The van der Waals surface area contributed by atoms with E-state index in [1.165, 1.54) is 10.9 Å². The molecule has 0 spiro atoms. The smallest absolute Gasteiger partial charge is 0.410 e. The summed E-state index contributed by atoms with van der Waals surface area (Å²) >= 11 is 0. The zero-order valence-electron chi connectivity index (χ0n) is 23.2. The predicted octanol–water partition coefficient (Wildman–Crippen LogP) is -0.873. The molecule has 5 atom stereocenters. The Morgan fingerprint density at radius 1 is 1.14 bits per heavy atom. The van der Waals surface area contributed by atoms with Gasteiger partial charge in [-0.1, -0.05) is 5.92 Å². The summed E-state index contributed by atoms with van der Waals surface area (Å²) in [6, 6.07) is 0.0762. The second kappa shape index (κ2) is 11.3. The number of ether oxygens (including phenoxy) is 2. The van der Waals surface area contributed by atoms with Crippen molar-refractivity contribution < 1.29 is 34.1 Å². The van der Waals surface area contributed by atoms with Gasteiger partial charge in [0.1, 0.15) is 17.7 Å². The van der Waals surface area contributed by atoms with Crippen LogP contribution < -0.4 is 11.1 Å². The van der Waals surface area contributed by atoms with Gasteiger partial charge >= 0.3 is 6.09 Å². The van der Waals surface area contributed by atoms with E-state index in [-0.39, 0.29) is 40.7 Å². The maximum absolute atomic E-state index is 12.5. The van der Waals surface area contributed by atoms with Crippen molar-refractivity contribution in [1.29, 1.82) is 0 Å². The minimum Gasteiger partial charge on any atom is -0.436 e. The standard InChI is InChI=1S/C27H34N8O7/c1-33-10-9-16(25(33)39)41-27(40)34-11-7-14(8-12-34)3-2-4-17-31-22(28)18-23(32-17)35(13-29-18)26-20(37)19(36)21(42-26)24(38)30-15-5-6-15/h13-16,19-21,26,36-37H,3,5-12H2,1H3,(H,30,38)(H2,28,31,32)/t16?,19-,20+,21-,26+/m0/s1. The van der Waals surface area contributed by atoms with Gasteiger partial charge in [-0.25, -0.2) is 19.7 Å². The molecule has 5 N–H and O–H groups in total. The van der Waals surface area contributed by atoms with Crippen LogP contribution in [-0.2, 0) is 19.1 Å². The molecule has 3 saturated heterocycles. The minimum absolute atomic E-state index is 0.0762. The van der Waals surface area contributed by atoms with E-state index in [0.29, 0.717) is 32.5 Å². The number of nitrogens with two attached hydrogens (primary N) is 1. The Labute approximate surface area is 241 Å². The van der Waals surface area contributed by atoms with Crippen LogP contribution in [0.25, 0.3) is 11.2 Å². The molecule has 1 saturated carbocycles. The van der Waals surface area contributed by atoms with E-state index in [2.05, 4.69) is 32.1 Å². The Balaban J connectivity index is 1.07. The molecule has 5 heterocycles. The number of amides is 3. The number of nitrogens with one attached hydrogen (secondary N) is 1. The molecule has 15 nitrogen and oxygen atoms in total. The first-order valence-corrected chi connectivity index (χ1v) is 14.2. The molecule has 1 aliphatic carbocycles. The molecule has 15 heteroatoms. The summed E-state index contributed by atoms with van der Waals surface area (Å²) in [5, 5.41) is 23.9. The summed E-state index contributed by atoms with van der Waals surface area (Å²) < 4.78 is 12.6. The number of carbonyl (C=O) groups is 3. The molecule has 4 aliphatic rings. The Hall–Kier alpha value is -4.00. The van der Waals surface area contributed by atoms with Gasteiger partial charge in [0.25, 0.3) is 11.8 Å². The molecule has 0 bridgehead atoms. The summed E-state index contributed by atoms with van der Waals surface area (Å²) in [6.07, 6.45) is -0.645. The van der Waals surface area contributed by atoms with Crippen molar-refractivity contribution in [3.8, 4) is 11.8 Å². The molecule has 3 amide bonds. The van der Waals surface area contributed by atoms with E-state index in [0.717, 1.165) is 25.7 Å². The molecular formula is C27H34N8O7. The van der Waals surface area contributed by atoms with Crippen LogP contribution >= 0.6 is 0 Å². The number of hydrogen-bond donors (Lipinski definition) is 4. The SMILES string of the molecule is CN1CCC(OC(=O)N2CCC(CC#Cc3nc(N)c4ncn([C@@H]5O[C@H](C(=O)NC6CC6)[C@@H](O)[C@H]5O)c4n3)CC2)C1=O. The molecule has 0 radical (unpaired) electrons. The third-order valence-electron chi connectivity index (χ3n) is 8.23. The third kappa shape index (κ3) is 5.57. The highest BCUT2D eigenvalue weighted by Crippen LogP contribution is 2.33. The number of aliphatic hydroxyl groups excluding tert-OH is 2. The first kappa shape index (κ1) is 28.1. The number of rotatable bonds is 5. The molecule has 2 aromatic rings. The van der Waals surface area contributed by atoms with Gasteiger partial charge in [0.2, 0.25) is 5.82 Å². The van der Waals surface area contributed by atoms with E-state index in [4.69, 9.17) is 15.2 Å². The van der Waals surface area contributed by atoms with E-state index in [1.807, 2.05) is 0 Å². The summed E-state index contributed by atoms with van der Waals surface area (Å²) in [5.74, 6) is 5.91. The van der Waals surface area contributed by atoms with Crippen molar-refractivity contribution in [2.24, 2.45) is 5.92 Å². The number of anilines is 1. The number of carbonyl (C=O) groups excluding carboxylic acids is 3. The number of aliphatic hydroxyl groups is 2. The van der Waals surface area contributed by atoms with Gasteiger partial charge in [0.05, 0.1) is 6.33 Å². The van der Waals surface area contributed by atoms with Gasteiger partial charge in [0, 0.05) is 45.6 Å². The third-order valence-corrected chi connectivity index (χ3v) is 8.23. The maximum Gasteiger partial charge on any atom is 0.410 e. The number of likely N-dealkylation sites (tertiary alicyclic amines) is 2. The number of hydrogen-bond acceptors (Lipinski definition) is 11. The molecule has 2 aromatic heterocycles. The van der Waals surface area contributed by atoms with Crippen LogP contribution in [0.2, 0.25) is 0 Å². The highest BCUT2D eigenvalue weighted by Gasteiger charge is 2.48. The number of imidazole rings is 1. The van der Waals surface area contributed by atoms with Crippen LogP contribution in [0.5, 0.6) is 0 Å². The van der Waals surface area contributed by atoms with Crippen LogP contribution in [0.15, 0.2) is 6.33 Å². The zero-order chi connectivity index (χ0) is 29.5. The van der Waals surface area contributed by atoms with E-state index in [9.17, 15) is 24.6 Å². The second-order valence-electron chi connectivity index (χ2n) is 11.3. The fourth-order valence-electron chi connectivity index (χ4n) is 5.49. The van der Waals surface area contributed by atoms with Gasteiger partial charge in [0.15, 0.2) is 29.9 Å². The first-order valence-electron chi connectivity index (χ1n) is 14.2. The maximum atomic E-state index is 12.5. The van der Waals surface area contributed by atoms with Crippen molar-refractivity contribution >= 4 is 34.9 Å². The van der Waals surface area contributed by atoms with Crippen LogP contribution in [0.4, 0.5) is 10.6 Å². The average Bonchev–Trinajstić information content (AvgIpc) is 3.50. The summed E-state index contributed by atoms with van der Waals surface area (Å²) in [7, 11) is 1.70. The number of nitrogens with zero attached hydrogens (tertiary/aromatic N) is 6. The number of fused-ring (bicyclic) bond motifs is 1. The molecule has 3 aliphatic heterocycles. The van der Waals surface area contributed by atoms with Crippen LogP contribution in [-0.4, -0.2) is 115 Å². The number of nitrogen functional groups attached to an aromatic ring is 1. The van der Waals surface area contributed by atoms with Gasteiger partial charge in [-0.15, -0.1) is 0 Å². The van der Waals surface area contributed by atoms with Crippen molar-refractivity contribution in [1.82, 2.24) is 34.6 Å². The first-order chi connectivity index (χ1) is 20.2. The molecule has 0 aromatic carbocycles.